The molecule has 0 aliphatic heterocycles. The molecule has 21 heavy (non-hydrogen) atoms. The molecule has 0 heterocycles. The molecule has 1 amide bonds. The monoisotopic (exact) mass is 305 g/mol. The van der Waals surface area contributed by atoms with Crippen LogP contribution in [0.15, 0.2) is 24.3 Å². The molecule has 0 saturated carbocycles. The van der Waals surface area contributed by atoms with Crippen LogP contribution in [0, 0.1) is 34.9 Å². The van der Waals surface area contributed by atoms with Crippen molar-refractivity contribution >= 4 is 11.6 Å². The summed E-state index contributed by atoms with van der Waals surface area (Å²) < 4.78 is 78.0. The summed E-state index contributed by atoms with van der Waals surface area (Å²) in [6.07, 6.45) is 0. The normalized spacial score (nSPS) is 10.6. The zero-order chi connectivity index (χ0) is 15.7. The molecule has 2 aromatic carbocycles. The van der Waals surface area contributed by atoms with Crippen molar-refractivity contribution in [1.29, 1.82) is 0 Å². The van der Waals surface area contributed by atoms with Crippen molar-refractivity contribution in [3.05, 3.63) is 64.7 Å². The largest absolute Gasteiger partial charge is 0.319 e. The SMILES string of the molecule is O=C(Nc1ccc(F)c(F)c1F)c1ccc(F)c(F)c1F. The topological polar surface area (TPSA) is 29.1 Å². The van der Waals surface area contributed by atoms with Gasteiger partial charge in [-0.25, -0.2) is 26.3 Å². The number of halogens is 6. The maximum absolute atomic E-state index is 13.4. The second-order valence-electron chi connectivity index (χ2n) is 3.90. The first kappa shape index (κ1) is 14.9. The van der Waals surface area contributed by atoms with Gasteiger partial charge in [-0.2, -0.15) is 0 Å². The molecule has 0 spiro atoms. The summed E-state index contributed by atoms with van der Waals surface area (Å²) in [7, 11) is 0. The molecule has 0 aromatic heterocycles. The standard InChI is InChI=1S/C13H5F6NO/c14-6-2-1-5(9(16)10(6)17)13(21)20-8-4-3-7(15)11(18)12(8)19/h1-4H,(H,20,21). The van der Waals surface area contributed by atoms with Crippen LogP contribution in [0.25, 0.3) is 0 Å². The highest BCUT2D eigenvalue weighted by molar-refractivity contribution is 6.04. The van der Waals surface area contributed by atoms with Crippen LogP contribution in [0.4, 0.5) is 32.0 Å². The highest BCUT2D eigenvalue weighted by Crippen LogP contribution is 2.21. The summed E-state index contributed by atoms with van der Waals surface area (Å²) in [6.45, 7) is 0. The minimum atomic E-state index is -1.88. The van der Waals surface area contributed by atoms with Gasteiger partial charge in [0.25, 0.3) is 5.91 Å². The number of amides is 1. The third-order valence-electron chi connectivity index (χ3n) is 2.56. The van der Waals surface area contributed by atoms with Crippen LogP contribution in [0.5, 0.6) is 0 Å². The van der Waals surface area contributed by atoms with Gasteiger partial charge in [0.15, 0.2) is 34.9 Å². The van der Waals surface area contributed by atoms with Crippen molar-refractivity contribution < 1.29 is 31.1 Å². The van der Waals surface area contributed by atoms with Crippen molar-refractivity contribution in [3.8, 4) is 0 Å². The summed E-state index contributed by atoms with van der Waals surface area (Å²) in [4.78, 5) is 11.6. The summed E-state index contributed by atoms with van der Waals surface area (Å²) in [6, 6.07) is 2.36. The van der Waals surface area contributed by atoms with Crippen LogP contribution >= 0.6 is 0 Å². The summed E-state index contributed by atoms with van der Waals surface area (Å²) in [5.41, 5.74) is -1.69. The van der Waals surface area contributed by atoms with Gasteiger partial charge in [-0.15, -0.1) is 0 Å². The molecule has 8 heteroatoms. The number of carbonyl (C=O) groups is 1. The van der Waals surface area contributed by atoms with Crippen molar-refractivity contribution in [2.75, 3.05) is 5.32 Å². The number of rotatable bonds is 2. The Kier molecular flexibility index (Phi) is 3.88. The fraction of sp³-hybridized carbons (Fsp3) is 0. The summed E-state index contributed by atoms with van der Waals surface area (Å²) in [5.74, 6) is -11.5. The fourth-order valence-corrected chi connectivity index (χ4v) is 1.51. The van der Waals surface area contributed by atoms with Crippen molar-refractivity contribution in [2.24, 2.45) is 0 Å². The van der Waals surface area contributed by atoms with Gasteiger partial charge in [-0.1, -0.05) is 0 Å². The van der Waals surface area contributed by atoms with Crippen LogP contribution in [-0.4, -0.2) is 5.91 Å². The first-order chi connectivity index (χ1) is 9.82. The van der Waals surface area contributed by atoms with Crippen LogP contribution in [-0.2, 0) is 0 Å². The van der Waals surface area contributed by atoms with E-state index in [1.165, 1.54) is 0 Å². The zero-order valence-corrected chi connectivity index (χ0v) is 9.99. The number of benzene rings is 2. The Morgan fingerprint density at radius 2 is 1.24 bits per heavy atom. The molecule has 0 bridgehead atoms. The maximum atomic E-state index is 13.4. The van der Waals surface area contributed by atoms with E-state index in [0.717, 1.165) is 0 Å². The van der Waals surface area contributed by atoms with Crippen LogP contribution in [0.1, 0.15) is 10.4 Å². The van der Waals surface area contributed by atoms with E-state index in [2.05, 4.69) is 0 Å². The predicted molar refractivity (Wildman–Crippen MR) is 60.6 cm³/mol. The van der Waals surface area contributed by atoms with E-state index in [0.29, 0.717) is 24.3 Å². The first-order valence-corrected chi connectivity index (χ1v) is 5.41. The molecule has 0 aliphatic rings. The Balaban J connectivity index is 2.35. The van der Waals surface area contributed by atoms with Crippen molar-refractivity contribution in [1.82, 2.24) is 0 Å². The molecule has 0 fully saturated rings. The lowest BCUT2D eigenvalue weighted by atomic mass is 10.1. The van der Waals surface area contributed by atoms with Gasteiger partial charge < -0.3 is 5.32 Å². The number of carbonyl (C=O) groups excluding carboxylic acids is 1. The average Bonchev–Trinajstić information content (AvgIpc) is 2.45. The van der Waals surface area contributed by atoms with Crippen molar-refractivity contribution in [3.63, 3.8) is 0 Å². The van der Waals surface area contributed by atoms with Crippen molar-refractivity contribution in [2.45, 2.75) is 0 Å². The maximum Gasteiger partial charge on any atom is 0.258 e. The minimum absolute atomic E-state index is 0.495. The Bertz CT molecular complexity index is 731. The molecular formula is C13H5F6NO. The quantitative estimate of drug-likeness (QED) is 0.664. The third-order valence-corrected chi connectivity index (χ3v) is 2.56. The molecular weight excluding hydrogens is 300 g/mol. The Labute approximate surface area is 114 Å². The Morgan fingerprint density at radius 3 is 1.86 bits per heavy atom. The van der Waals surface area contributed by atoms with Gasteiger partial charge in [-0.3, -0.25) is 4.79 Å². The highest BCUT2D eigenvalue weighted by Gasteiger charge is 2.21. The second-order valence-corrected chi connectivity index (χ2v) is 3.90. The summed E-state index contributed by atoms with van der Waals surface area (Å²) >= 11 is 0. The smallest absolute Gasteiger partial charge is 0.258 e. The van der Waals surface area contributed by atoms with Crippen LogP contribution < -0.4 is 5.32 Å². The second kappa shape index (κ2) is 5.47. The van der Waals surface area contributed by atoms with Gasteiger partial charge in [0.05, 0.1) is 11.3 Å². The van der Waals surface area contributed by atoms with E-state index in [9.17, 15) is 31.1 Å². The van der Waals surface area contributed by atoms with E-state index in [1.807, 2.05) is 0 Å². The zero-order valence-electron chi connectivity index (χ0n) is 9.99. The number of hydrogen-bond donors (Lipinski definition) is 1. The van der Waals surface area contributed by atoms with Crippen LogP contribution in [0.3, 0.4) is 0 Å². The molecule has 2 nitrogen and oxygen atoms in total. The molecule has 2 aromatic rings. The highest BCUT2D eigenvalue weighted by atomic mass is 19.2. The summed E-state index contributed by atoms with van der Waals surface area (Å²) in [5, 5.41) is 1.73. The Hall–Kier alpha value is -2.51. The van der Waals surface area contributed by atoms with Gasteiger partial charge in [0.1, 0.15) is 0 Å². The molecule has 2 rings (SSSR count). The van der Waals surface area contributed by atoms with E-state index in [-0.39, 0.29) is 0 Å². The van der Waals surface area contributed by atoms with E-state index < -0.39 is 52.1 Å². The van der Waals surface area contributed by atoms with E-state index >= 15 is 0 Å². The Morgan fingerprint density at radius 1 is 0.714 bits per heavy atom. The van der Waals surface area contributed by atoms with E-state index in [4.69, 9.17) is 0 Å². The average molecular weight is 305 g/mol. The van der Waals surface area contributed by atoms with Gasteiger partial charge >= 0.3 is 0 Å². The lowest BCUT2D eigenvalue weighted by molar-refractivity contribution is 0.102. The third kappa shape index (κ3) is 2.69. The van der Waals surface area contributed by atoms with E-state index in [1.54, 1.807) is 5.32 Å². The number of nitrogens with one attached hydrogen (secondary N) is 1. The first-order valence-electron chi connectivity index (χ1n) is 5.41. The predicted octanol–water partition coefficient (Wildman–Crippen LogP) is 3.77. The molecule has 0 atom stereocenters. The fourth-order valence-electron chi connectivity index (χ4n) is 1.51. The molecule has 0 aliphatic carbocycles. The molecule has 1 N–H and O–H groups in total. The van der Waals surface area contributed by atoms with Gasteiger partial charge in [0, 0.05) is 0 Å². The number of hydrogen-bond acceptors (Lipinski definition) is 1. The molecule has 0 radical (unpaired) electrons. The van der Waals surface area contributed by atoms with Gasteiger partial charge in [0.2, 0.25) is 0 Å². The van der Waals surface area contributed by atoms with Crippen LogP contribution in [0.2, 0.25) is 0 Å². The number of anilines is 1. The van der Waals surface area contributed by atoms with Gasteiger partial charge in [-0.05, 0) is 24.3 Å². The lowest BCUT2D eigenvalue weighted by Gasteiger charge is -2.08. The minimum Gasteiger partial charge on any atom is -0.319 e. The molecule has 110 valence electrons. The molecule has 0 unspecified atom stereocenters. The molecule has 0 saturated heterocycles. The lowest BCUT2D eigenvalue weighted by Crippen LogP contribution is -2.16.